The van der Waals surface area contributed by atoms with Crippen LogP contribution in [0.4, 0.5) is 10.1 Å². The van der Waals surface area contributed by atoms with Crippen molar-refractivity contribution >= 4 is 17.6 Å². The van der Waals surface area contributed by atoms with Crippen LogP contribution >= 0.6 is 0 Å². The first-order valence-corrected chi connectivity index (χ1v) is 9.74. The standard InChI is InChI=1S/C21H25FN4O4/c1-13-19(29)18(20(30)23-12-17(27)28)25-16(24-13)11-21(2)7-9-26(10-8-21)15-5-3-14(22)4-6-15/h3-6,29H,7-12H2,1-2H3,(H,23,30)(H,27,28). The zero-order chi connectivity index (χ0) is 21.9. The van der Waals surface area contributed by atoms with Crippen molar-refractivity contribution in [2.75, 3.05) is 24.5 Å². The first-order chi connectivity index (χ1) is 14.2. The number of aliphatic carboxylic acids is 1. The molecule has 8 nitrogen and oxygen atoms in total. The monoisotopic (exact) mass is 416 g/mol. The van der Waals surface area contributed by atoms with Gasteiger partial charge in [0, 0.05) is 25.2 Å². The van der Waals surface area contributed by atoms with Gasteiger partial charge in [-0.15, -0.1) is 0 Å². The molecule has 160 valence electrons. The number of hydrogen-bond acceptors (Lipinski definition) is 6. The number of hydrogen-bond donors (Lipinski definition) is 3. The normalized spacial score (nSPS) is 15.6. The van der Waals surface area contributed by atoms with Crippen molar-refractivity contribution < 1.29 is 24.2 Å². The average molecular weight is 416 g/mol. The third kappa shape index (κ3) is 5.03. The van der Waals surface area contributed by atoms with Gasteiger partial charge in [0.25, 0.3) is 5.91 Å². The molecule has 9 heteroatoms. The van der Waals surface area contributed by atoms with Gasteiger partial charge < -0.3 is 20.4 Å². The number of benzene rings is 1. The highest BCUT2D eigenvalue weighted by Crippen LogP contribution is 2.36. The van der Waals surface area contributed by atoms with Crippen LogP contribution in [-0.4, -0.2) is 51.7 Å². The summed E-state index contributed by atoms with van der Waals surface area (Å²) in [6.07, 6.45) is 2.23. The number of carbonyl (C=O) groups is 2. The minimum atomic E-state index is -1.19. The van der Waals surface area contributed by atoms with Crippen LogP contribution in [-0.2, 0) is 11.2 Å². The first-order valence-electron chi connectivity index (χ1n) is 9.74. The van der Waals surface area contributed by atoms with E-state index in [1.165, 1.54) is 12.1 Å². The van der Waals surface area contributed by atoms with Crippen molar-refractivity contribution in [3.05, 3.63) is 47.3 Å². The Hall–Kier alpha value is -3.23. The van der Waals surface area contributed by atoms with Gasteiger partial charge in [0.1, 0.15) is 18.2 Å². The first kappa shape index (κ1) is 21.5. The number of aromatic nitrogens is 2. The predicted molar refractivity (Wildman–Crippen MR) is 108 cm³/mol. The molecule has 0 unspecified atom stereocenters. The lowest BCUT2D eigenvalue weighted by Crippen LogP contribution is -2.40. The molecule has 1 aromatic carbocycles. The molecule has 1 aliphatic heterocycles. The Kier molecular flexibility index (Phi) is 6.19. The van der Waals surface area contributed by atoms with Crippen molar-refractivity contribution in [2.45, 2.75) is 33.1 Å². The topological polar surface area (TPSA) is 116 Å². The fourth-order valence-electron chi connectivity index (χ4n) is 3.62. The largest absolute Gasteiger partial charge is 0.504 e. The molecule has 1 aromatic heterocycles. The Morgan fingerprint density at radius 3 is 2.43 bits per heavy atom. The number of nitrogens with one attached hydrogen (secondary N) is 1. The van der Waals surface area contributed by atoms with E-state index in [4.69, 9.17) is 5.11 Å². The molecule has 30 heavy (non-hydrogen) atoms. The molecule has 0 spiro atoms. The van der Waals surface area contributed by atoms with Crippen molar-refractivity contribution in [1.82, 2.24) is 15.3 Å². The predicted octanol–water partition coefficient (Wildman–Crippen LogP) is 2.29. The Morgan fingerprint density at radius 1 is 1.20 bits per heavy atom. The van der Waals surface area contributed by atoms with Gasteiger partial charge in [0.2, 0.25) is 0 Å². The van der Waals surface area contributed by atoms with Crippen molar-refractivity contribution in [1.29, 1.82) is 0 Å². The number of carbonyl (C=O) groups excluding carboxylic acids is 1. The summed E-state index contributed by atoms with van der Waals surface area (Å²) in [5, 5.41) is 21.1. The number of amides is 1. The van der Waals surface area contributed by atoms with Crippen molar-refractivity contribution in [2.24, 2.45) is 5.41 Å². The molecule has 1 saturated heterocycles. The number of aromatic hydroxyl groups is 1. The van der Waals surface area contributed by atoms with Crippen LogP contribution in [0.15, 0.2) is 24.3 Å². The van der Waals surface area contributed by atoms with Crippen molar-refractivity contribution in [3.63, 3.8) is 0 Å². The number of aryl methyl sites for hydroxylation is 1. The van der Waals surface area contributed by atoms with E-state index in [9.17, 15) is 19.1 Å². The number of rotatable bonds is 6. The molecule has 2 heterocycles. The summed E-state index contributed by atoms with van der Waals surface area (Å²) in [6.45, 7) is 4.74. The van der Waals surface area contributed by atoms with E-state index < -0.39 is 18.4 Å². The van der Waals surface area contributed by atoms with E-state index in [0.717, 1.165) is 31.6 Å². The maximum Gasteiger partial charge on any atom is 0.322 e. The van der Waals surface area contributed by atoms with E-state index in [0.29, 0.717) is 12.2 Å². The minimum Gasteiger partial charge on any atom is -0.504 e. The van der Waals surface area contributed by atoms with Crippen LogP contribution in [0.3, 0.4) is 0 Å². The number of anilines is 1. The van der Waals surface area contributed by atoms with Crippen molar-refractivity contribution in [3.8, 4) is 5.75 Å². The molecule has 3 N–H and O–H groups in total. The SMILES string of the molecule is Cc1nc(CC2(C)CCN(c3ccc(F)cc3)CC2)nc(C(=O)NCC(=O)O)c1O. The Labute approximate surface area is 173 Å². The van der Waals surface area contributed by atoms with E-state index in [-0.39, 0.29) is 28.4 Å². The van der Waals surface area contributed by atoms with E-state index in [2.05, 4.69) is 27.1 Å². The Bertz CT molecular complexity index is 941. The van der Waals surface area contributed by atoms with Gasteiger partial charge in [-0.25, -0.2) is 14.4 Å². The van der Waals surface area contributed by atoms with E-state index in [1.54, 1.807) is 19.1 Å². The summed E-state index contributed by atoms with van der Waals surface area (Å²) >= 11 is 0. The third-order valence-electron chi connectivity index (χ3n) is 5.47. The highest BCUT2D eigenvalue weighted by molar-refractivity contribution is 5.96. The highest BCUT2D eigenvalue weighted by atomic mass is 19.1. The second-order valence-corrected chi connectivity index (χ2v) is 7.95. The summed E-state index contributed by atoms with van der Waals surface area (Å²) < 4.78 is 13.1. The van der Waals surface area contributed by atoms with Gasteiger partial charge in [-0.1, -0.05) is 6.92 Å². The minimum absolute atomic E-state index is 0.102. The summed E-state index contributed by atoms with van der Waals surface area (Å²) in [5.74, 6) is -2.11. The Morgan fingerprint density at radius 2 is 1.83 bits per heavy atom. The van der Waals surface area contributed by atoms with Crippen LogP contribution in [0.1, 0.15) is 41.8 Å². The molecule has 0 radical (unpaired) electrons. The summed E-state index contributed by atoms with van der Waals surface area (Å²) in [4.78, 5) is 33.6. The summed E-state index contributed by atoms with van der Waals surface area (Å²) in [7, 11) is 0. The molecule has 0 saturated carbocycles. The Balaban J connectivity index is 1.70. The molecular weight excluding hydrogens is 391 g/mol. The number of carboxylic acid groups (broad SMARTS) is 1. The van der Waals surface area contributed by atoms with Crippen LogP contribution in [0.5, 0.6) is 5.75 Å². The number of piperidine rings is 1. The van der Waals surface area contributed by atoms with E-state index >= 15 is 0 Å². The lowest BCUT2D eigenvalue weighted by atomic mass is 9.77. The van der Waals surface area contributed by atoms with Gasteiger partial charge in [-0.05, 0) is 49.4 Å². The number of carboxylic acids is 1. The van der Waals surface area contributed by atoms with Gasteiger partial charge in [0.15, 0.2) is 11.4 Å². The fourth-order valence-corrected chi connectivity index (χ4v) is 3.62. The lowest BCUT2D eigenvalue weighted by Gasteiger charge is -2.40. The third-order valence-corrected chi connectivity index (χ3v) is 5.47. The van der Waals surface area contributed by atoms with E-state index in [1.807, 2.05) is 0 Å². The summed E-state index contributed by atoms with van der Waals surface area (Å²) in [6, 6.07) is 6.44. The van der Waals surface area contributed by atoms with Crippen LogP contribution in [0, 0.1) is 18.2 Å². The summed E-state index contributed by atoms with van der Waals surface area (Å²) in [5.41, 5.74) is 0.931. The van der Waals surface area contributed by atoms with Gasteiger partial charge in [-0.2, -0.15) is 0 Å². The van der Waals surface area contributed by atoms with Gasteiger partial charge in [0.05, 0.1) is 5.69 Å². The van der Waals surface area contributed by atoms with Crippen LogP contribution in [0.25, 0.3) is 0 Å². The molecule has 1 aliphatic rings. The maximum absolute atomic E-state index is 13.1. The second-order valence-electron chi connectivity index (χ2n) is 7.95. The molecular formula is C21H25FN4O4. The fraction of sp³-hybridized carbons (Fsp3) is 0.429. The van der Waals surface area contributed by atoms with Gasteiger partial charge in [-0.3, -0.25) is 9.59 Å². The molecule has 0 aliphatic carbocycles. The second kappa shape index (κ2) is 8.64. The van der Waals surface area contributed by atoms with Gasteiger partial charge >= 0.3 is 5.97 Å². The van der Waals surface area contributed by atoms with Crippen LogP contribution < -0.4 is 10.2 Å². The number of nitrogens with zero attached hydrogens (tertiary/aromatic N) is 3. The highest BCUT2D eigenvalue weighted by Gasteiger charge is 2.32. The molecule has 0 bridgehead atoms. The molecule has 1 amide bonds. The zero-order valence-electron chi connectivity index (χ0n) is 17.0. The quantitative estimate of drug-likeness (QED) is 0.662. The maximum atomic E-state index is 13.1. The zero-order valence-corrected chi connectivity index (χ0v) is 17.0. The molecule has 1 fully saturated rings. The number of halogens is 1. The molecule has 0 atom stereocenters. The smallest absolute Gasteiger partial charge is 0.322 e. The molecule has 3 rings (SSSR count). The lowest BCUT2D eigenvalue weighted by molar-refractivity contribution is -0.135. The average Bonchev–Trinajstić information content (AvgIpc) is 2.70. The van der Waals surface area contributed by atoms with Crippen LogP contribution in [0.2, 0.25) is 0 Å². The molecule has 2 aromatic rings.